The molecule has 2 aromatic carbocycles. The van der Waals surface area contributed by atoms with Crippen molar-refractivity contribution in [2.75, 3.05) is 7.11 Å². The molecule has 0 saturated heterocycles. The van der Waals surface area contributed by atoms with Crippen molar-refractivity contribution in [3.05, 3.63) is 64.4 Å². The van der Waals surface area contributed by atoms with Gasteiger partial charge in [-0.25, -0.2) is 0 Å². The Hall–Kier alpha value is -2.33. The van der Waals surface area contributed by atoms with Gasteiger partial charge in [-0.05, 0) is 56.9 Å². The number of ether oxygens (including phenoxy) is 1. The van der Waals surface area contributed by atoms with E-state index in [1.165, 1.54) is 0 Å². The summed E-state index contributed by atoms with van der Waals surface area (Å²) in [4.78, 5) is 11.9. The summed E-state index contributed by atoms with van der Waals surface area (Å²) >= 11 is 1.61. The van der Waals surface area contributed by atoms with Crippen molar-refractivity contribution in [1.29, 1.82) is 0 Å². The number of thiophene rings is 1. The van der Waals surface area contributed by atoms with E-state index in [4.69, 9.17) is 4.74 Å². The molecule has 3 rings (SSSR count). The van der Waals surface area contributed by atoms with Crippen molar-refractivity contribution in [3.63, 3.8) is 0 Å². The summed E-state index contributed by atoms with van der Waals surface area (Å²) in [5, 5.41) is 9.23. The van der Waals surface area contributed by atoms with E-state index >= 15 is 0 Å². The Balaban J connectivity index is 1.65. The summed E-state index contributed by atoms with van der Waals surface area (Å²) in [6.07, 6.45) is 0.439. The van der Waals surface area contributed by atoms with Gasteiger partial charge in [-0.1, -0.05) is 18.2 Å². The van der Waals surface area contributed by atoms with Crippen molar-refractivity contribution in [2.45, 2.75) is 13.0 Å². The van der Waals surface area contributed by atoms with Gasteiger partial charge in [0, 0.05) is 6.54 Å². The summed E-state index contributed by atoms with van der Waals surface area (Å²) in [5.74, 6) is 0.901. The molecule has 112 valence electrons. The lowest BCUT2D eigenvalue weighted by molar-refractivity contribution is -0.120. The van der Waals surface area contributed by atoms with Crippen molar-refractivity contribution >= 4 is 28.0 Å². The molecular weight excluding hydrogens is 294 g/mol. The largest absolute Gasteiger partial charge is 0.497 e. The standard InChI is InChI=1S/C18H17NO2S/c1-21-17-5-4-15-8-13(2-3-16(15)10-17)11-19-18(20)9-14-6-7-22-12-14/h2-8,10,12H,9,11H2,1H3,(H,19,20). The van der Waals surface area contributed by atoms with E-state index in [0.29, 0.717) is 13.0 Å². The molecule has 1 aromatic heterocycles. The molecule has 0 aliphatic carbocycles. The number of amides is 1. The highest BCUT2D eigenvalue weighted by Crippen LogP contribution is 2.21. The highest BCUT2D eigenvalue weighted by Gasteiger charge is 2.04. The van der Waals surface area contributed by atoms with Gasteiger partial charge >= 0.3 is 0 Å². The Labute approximate surface area is 133 Å². The maximum atomic E-state index is 11.9. The number of nitrogens with one attached hydrogen (secondary N) is 1. The van der Waals surface area contributed by atoms with Gasteiger partial charge in [0.2, 0.25) is 5.91 Å². The molecule has 1 heterocycles. The van der Waals surface area contributed by atoms with Crippen molar-refractivity contribution in [1.82, 2.24) is 5.32 Å². The van der Waals surface area contributed by atoms with Gasteiger partial charge in [-0.3, -0.25) is 4.79 Å². The molecule has 0 aliphatic heterocycles. The Kier molecular flexibility index (Phi) is 4.39. The third-order valence-electron chi connectivity index (χ3n) is 3.55. The normalized spacial score (nSPS) is 10.6. The SMILES string of the molecule is COc1ccc2cc(CNC(=O)Cc3ccsc3)ccc2c1. The first kappa shape index (κ1) is 14.6. The van der Waals surface area contributed by atoms with Crippen LogP contribution in [0.1, 0.15) is 11.1 Å². The van der Waals surface area contributed by atoms with Crippen LogP contribution in [0.25, 0.3) is 10.8 Å². The lowest BCUT2D eigenvalue weighted by atomic mass is 10.1. The number of benzene rings is 2. The first-order chi connectivity index (χ1) is 10.7. The lowest BCUT2D eigenvalue weighted by Gasteiger charge is -2.07. The molecule has 3 nitrogen and oxygen atoms in total. The minimum atomic E-state index is 0.0493. The molecule has 4 heteroatoms. The van der Waals surface area contributed by atoms with Crippen LogP contribution in [0.2, 0.25) is 0 Å². The number of rotatable bonds is 5. The van der Waals surface area contributed by atoms with Crippen molar-refractivity contribution in [3.8, 4) is 5.75 Å². The lowest BCUT2D eigenvalue weighted by Crippen LogP contribution is -2.24. The zero-order chi connectivity index (χ0) is 15.4. The van der Waals surface area contributed by atoms with E-state index in [2.05, 4.69) is 17.4 Å². The molecule has 1 N–H and O–H groups in total. The number of hydrogen-bond acceptors (Lipinski definition) is 3. The van der Waals surface area contributed by atoms with Crippen LogP contribution in [0.4, 0.5) is 0 Å². The van der Waals surface area contributed by atoms with Crippen LogP contribution in [-0.4, -0.2) is 13.0 Å². The average Bonchev–Trinajstić information content (AvgIpc) is 3.05. The number of fused-ring (bicyclic) bond motifs is 1. The molecule has 0 spiro atoms. The Morgan fingerprint density at radius 2 is 1.91 bits per heavy atom. The van der Waals surface area contributed by atoms with E-state index in [-0.39, 0.29) is 5.91 Å². The van der Waals surface area contributed by atoms with Crippen LogP contribution in [0, 0.1) is 0 Å². The molecule has 3 aromatic rings. The average molecular weight is 311 g/mol. The molecule has 0 saturated carbocycles. The summed E-state index contributed by atoms with van der Waals surface area (Å²) in [7, 11) is 1.67. The molecule has 0 radical (unpaired) electrons. The molecule has 0 aliphatic rings. The fourth-order valence-corrected chi connectivity index (χ4v) is 3.02. The third kappa shape index (κ3) is 3.46. The fourth-order valence-electron chi connectivity index (χ4n) is 2.35. The van der Waals surface area contributed by atoms with Gasteiger partial charge in [0.1, 0.15) is 5.75 Å². The zero-order valence-corrected chi connectivity index (χ0v) is 13.2. The van der Waals surface area contributed by atoms with Gasteiger partial charge in [0.15, 0.2) is 0 Å². The van der Waals surface area contributed by atoms with Crippen LogP contribution in [0.5, 0.6) is 5.75 Å². The maximum Gasteiger partial charge on any atom is 0.224 e. The highest BCUT2D eigenvalue weighted by atomic mass is 32.1. The molecule has 22 heavy (non-hydrogen) atoms. The van der Waals surface area contributed by atoms with Gasteiger partial charge in [0.05, 0.1) is 13.5 Å². The summed E-state index contributed by atoms with van der Waals surface area (Å²) in [6, 6.07) is 14.2. The van der Waals surface area contributed by atoms with Crippen molar-refractivity contribution in [2.24, 2.45) is 0 Å². The second-order valence-electron chi connectivity index (χ2n) is 5.13. The van der Waals surface area contributed by atoms with Gasteiger partial charge in [-0.15, -0.1) is 0 Å². The van der Waals surface area contributed by atoms with Crippen LogP contribution in [0.3, 0.4) is 0 Å². The smallest absolute Gasteiger partial charge is 0.224 e. The second kappa shape index (κ2) is 6.62. The van der Waals surface area contributed by atoms with E-state index in [1.807, 2.05) is 41.1 Å². The number of methoxy groups -OCH3 is 1. The number of carbonyl (C=O) groups excluding carboxylic acids is 1. The Bertz CT molecular complexity index is 781. The molecular formula is C18H17NO2S. The number of carbonyl (C=O) groups is 1. The fraction of sp³-hybridized carbons (Fsp3) is 0.167. The predicted octanol–water partition coefficient (Wildman–Crippen LogP) is 3.77. The summed E-state index contributed by atoms with van der Waals surface area (Å²) in [6.45, 7) is 0.547. The quantitative estimate of drug-likeness (QED) is 0.779. The van der Waals surface area contributed by atoms with Crippen LogP contribution >= 0.6 is 11.3 Å². The Morgan fingerprint density at radius 3 is 2.68 bits per heavy atom. The minimum Gasteiger partial charge on any atom is -0.497 e. The van der Waals surface area contributed by atoms with Crippen LogP contribution in [-0.2, 0) is 17.8 Å². The van der Waals surface area contributed by atoms with E-state index in [1.54, 1.807) is 18.4 Å². The first-order valence-corrected chi connectivity index (χ1v) is 8.03. The first-order valence-electron chi connectivity index (χ1n) is 7.09. The Morgan fingerprint density at radius 1 is 1.09 bits per heavy atom. The minimum absolute atomic E-state index is 0.0493. The summed E-state index contributed by atoms with van der Waals surface area (Å²) < 4.78 is 5.23. The molecule has 0 fully saturated rings. The zero-order valence-electron chi connectivity index (χ0n) is 12.3. The number of hydrogen-bond donors (Lipinski definition) is 1. The topological polar surface area (TPSA) is 38.3 Å². The van der Waals surface area contributed by atoms with E-state index in [0.717, 1.165) is 27.6 Å². The predicted molar refractivity (Wildman–Crippen MR) is 90.4 cm³/mol. The second-order valence-corrected chi connectivity index (χ2v) is 5.91. The van der Waals surface area contributed by atoms with Gasteiger partial charge < -0.3 is 10.1 Å². The van der Waals surface area contributed by atoms with Crippen LogP contribution in [0.15, 0.2) is 53.2 Å². The highest BCUT2D eigenvalue weighted by molar-refractivity contribution is 7.08. The maximum absolute atomic E-state index is 11.9. The summed E-state index contributed by atoms with van der Waals surface area (Å²) in [5.41, 5.74) is 2.16. The molecule has 0 bridgehead atoms. The molecule has 0 atom stereocenters. The van der Waals surface area contributed by atoms with Crippen molar-refractivity contribution < 1.29 is 9.53 Å². The van der Waals surface area contributed by atoms with Gasteiger partial charge in [0.25, 0.3) is 0 Å². The van der Waals surface area contributed by atoms with E-state index < -0.39 is 0 Å². The van der Waals surface area contributed by atoms with Gasteiger partial charge in [-0.2, -0.15) is 11.3 Å². The monoisotopic (exact) mass is 311 g/mol. The van der Waals surface area contributed by atoms with E-state index in [9.17, 15) is 4.79 Å². The molecule has 0 unspecified atom stereocenters. The van der Waals surface area contributed by atoms with Crippen LogP contribution < -0.4 is 10.1 Å². The third-order valence-corrected chi connectivity index (χ3v) is 4.28. The molecule has 1 amide bonds.